The van der Waals surface area contributed by atoms with E-state index in [0.717, 1.165) is 5.56 Å². The van der Waals surface area contributed by atoms with Gasteiger partial charge in [-0.3, -0.25) is 0 Å². The fourth-order valence-electron chi connectivity index (χ4n) is 2.54. The normalized spacial score (nSPS) is 10.4. The zero-order valence-corrected chi connectivity index (χ0v) is 15.2. The molecule has 1 heterocycles. The van der Waals surface area contributed by atoms with E-state index in [-0.39, 0.29) is 11.8 Å². The van der Waals surface area contributed by atoms with Crippen LogP contribution in [0.25, 0.3) is 0 Å². The van der Waals surface area contributed by atoms with E-state index in [1.165, 1.54) is 12.1 Å². The molecule has 6 nitrogen and oxygen atoms in total. The van der Waals surface area contributed by atoms with E-state index in [2.05, 4.69) is 20.6 Å². The van der Waals surface area contributed by atoms with Crippen LogP contribution in [0.2, 0.25) is 0 Å². The Kier molecular flexibility index (Phi) is 5.30. The van der Waals surface area contributed by atoms with Crippen molar-refractivity contribution in [2.75, 3.05) is 10.6 Å². The summed E-state index contributed by atoms with van der Waals surface area (Å²) in [6, 6.07) is 13.1. The molecule has 1 aromatic heterocycles. The topological polar surface area (TPSA) is 76.1 Å². The fraction of sp³-hybridized carbons (Fsp3) is 0.150. The third-order valence-corrected chi connectivity index (χ3v) is 3.80. The van der Waals surface area contributed by atoms with Crippen molar-refractivity contribution in [3.8, 4) is 11.8 Å². The van der Waals surface area contributed by atoms with E-state index in [4.69, 9.17) is 4.74 Å². The number of ether oxygens (including phenoxy) is 1. The third-order valence-electron chi connectivity index (χ3n) is 3.80. The molecular formula is C20H19FN4O2. The monoisotopic (exact) mass is 366 g/mol. The standard InChI is InChI=1S/C20H19FN4O2/c1-12-7-6-8-15(11-12)24-19(26)25-18-13(2)22-20(23-14(18)3)27-17-10-5-4-9-16(17)21/h4-11H,1-3H3,(H2,24,25,26). The Morgan fingerprint density at radius 1 is 0.963 bits per heavy atom. The van der Waals surface area contributed by atoms with Crippen molar-refractivity contribution < 1.29 is 13.9 Å². The number of urea groups is 1. The van der Waals surface area contributed by atoms with Crippen LogP contribution >= 0.6 is 0 Å². The molecule has 0 fully saturated rings. The van der Waals surface area contributed by atoms with Crippen LogP contribution < -0.4 is 15.4 Å². The quantitative estimate of drug-likeness (QED) is 0.683. The molecule has 0 radical (unpaired) electrons. The molecule has 2 N–H and O–H groups in total. The van der Waals surface area contributed by atoms with Crippen LogP contribution in [0, 0.1) is 26.6 Å². The predicted octanol–water partition coefficient (Wildman–Crippen LogP) is 4.98. The van der Waals surface area contributed by atoms with Gasteiger partial charge in [-0.05, 0) is 50.6 Å². The minimum absolute atomic E-state index is 0.0137. The lowest BCUT2D eigenvalue weighted by molar-refractivity contribution is 0.262. The second-order valence-electron chi connectivity index (χ2n) is 6.03. The number of para-hydroxylation sites is 1. The predicted molar refractivity (Wildman–Crippen MR) is 102 cm³/mol. The number of benzene rings is 2. The number of aryl methyl sites for hydroxylation is 3. The number of halogens is 1. The summed E-state index contributed by atoms with van der Waals surface area (Å²) >= 11 is 0. The van der Waals surface area contributed by atoms with E-state index in [1.807, 2.05) is 25.1 Å². The molecule has 0 spiro atoms. The van der Waals surface area contributed by atoms with E-state index < -0.39 is 11.8 Å². The highest BCUT2D eigenvalue weighted by Crippen LogP contribution is 2.25. The van der Waals surface area contributed by atoms with Crippen molar-refractivity contribution in [1.82, 2.24) is 9.97 Å². The summed E-state index contributed by atoms with van der Waals surface area (Å²) in [6.07, 6.45) is 0. The number of carbonyl (C=O) groups excluding carboxylic acids is 1. The van der Waals surface area contributed by atoms with Gasteiger partial charge in [-0.2, -0.15) is 9.97 Å². The van der Waals surface area contributed by atoms with Crippen molar-refractivity contribution in [2.45, 2.75) is 20.8 Å². The van der Waals surface area contributed by atoms with Crippen LogP contribution in [0.5, 0.6) is 11.8 Å². The van der Waals surface area contributed by atoms with Crippen LogP contribution in [0.3, 0.4) is 0 Å². The average Bonchev–Trinajstić information content (AvgIpc) is 2.60. The van der Waals surface area contributed by atoms with Gasteiger partial charge in [0.1, 0.15) is 0 Å². The summed E-state index contributed by atoms with van der Waals surface area (Å²) in [4.78, 5) is 20.7. The van der Waals surface area contributed by atoms with Crippen LogP contribution in [0.1, 0.15) is 17.0 Å². The Balaban J connectivity index is 1.75. The SMILES string of the molecule is Cc1cccc(NC(=O)Nc2c(C)nc(Oc3ccccc3F)nc2C)c1. The summed E-state index contributed by atoms with van der Waals surface area (Å²) in [5.74, 6) is -0.467. The zero-order valence-electron chi connectivity index (χ0n) is 15.2. The van der Waals surface area contributed by atoms with Gasteiger partial charge in [0.2, 0.25) is 0 Å². The molecule has 3 rings (SSSR count). The highest BCUT2D eigenvalue weighted by Gasteiger charge is 2.14. The van der Waals surface area contributed by atoms with Gasteiger partial charge in [-0.1, -0.05) is 24.3 Å². The summed E-state index contributed by atoms with van der Waals surface area (Å²) in [5, 5.41) is 5.51. The maximum atomic E-state index is 13.7. The Hall–Kier alpha value is -3.48. The minimum Gasteiger partial charge on any atom is -0.421 e. The van der Waals surface area contributed by atoms with E-state index in [1.54, 1.807) is 32.0 Å². The molecule has 0 unspecified atom stereocenters. The highest BCUT2D eigenvalue weighted by molar-refractivity contribution is 6.00. The van der Waals surface area contributed by atoms with Gasteiger partial charge < -0.3 is 15.4 Å². The van der Waals surface area contributed by atoms with Crippen LogP contribution in [0.15, 0.2) is 48.5 Å². The molecule has 0 bridgehead atoms. The van der Waals surface area contributed by atoms with Crippen molar-refractivity contribution in [3.63, 3.8) is 0 Å². The Bertz CT molecular complexity index is 968. The van der Waals surface area contributed by atoms with Gasteiger partial charge in [0, 0.05) is 5.69 Å². The average molecular weight is 366 g/mol. The first-order valence-electron chi connectivity index (χ1n) is 8.34. The highest BCUT2D eigenvalue weighted by atomic mass is 19.1. The van der Waals surface area contributed by atoms with Gasteiger partial charge >= 0.3 is 12.0 Å². The Morgan fingerprint density at radius 2 is 1.67 bits per heavy atom. The van der Waals surface area contributed by atoms with Gasteiger partial charge in [-0.25, -0.2) is 9.18 Å². The molecular weight excluding hydrogens is 347 g/mol. The van der Waals surface area contributed by atoms with Crippen molar-refractivity contribution in [2.24, 2.45) is 0 Å². The number of rotatable bonds is 4. The number of hydrogen-bond donors (Lipinski definition) is 2. The molecule has 0 atom stereocenters. The number of nitrogens with one attached hydrogen (secondary N) is 2. The third kappa shape index (κ3) is 4.58. The van der Waals surface area contributed by atoms with Crippen molar-refractivity contribution in [1.29, 1.82) is 0 Å². The lowest BCUT2D eigenvalue weighted by atomic mass is 10.2. The van der Waals surface area contributed by atoms with Crippen LogP contribution in [-0.4, -0.2) is 16.0 Å². The Morgan fingerprint density at radius 3 is 2.33 bits per heavy atom. The summed E-state index contributed by atoms with van der Waals surface area (Å²) in [7, 11) is 0. The molecule has 0 aliphatic heterocycles. The first-order valence-corrected chi connectivity index (χ1v) is 8.34. The second-order valence-corrected chi connectivity index (χ2v) is 6.03. The molecule has 138 valence electrons. The zero-order chi connectivity index (χ0) is 19.4. The van der Waals surface area contributed by atoms with Gasteiger partial charge in [-0.15, -0.1) is 0 Å². The first kappa shape index (κ1) is 18.3. The first-order chi connectivity index (χ1) is 12.9. The molecule has 27 heavy (non-hydrogen) atoms. The molecule has 2 aromatic carbocycles. The molecule has 0 saturated carbocycles. The molecule has 7 heteroatoms. The lowest BCUT2D eigenvalue weighted by Gasteiger charge is -2.13. The summed E-state index contributed by atoms with van der Waals surface area (Å²) in [6.45, 7) is 5.37. The molecule has 0 saturated heterocycles. The largest absolute Gasteiger partial charge is 0.421 e. The number of hydrogen-bond acceptors (Lipinski definition) is 4. The van der Waals surface area contributed by atoms with Crippen LogP contribution in [-0.2, 0) is 0 Å². The maximum absolute atomic E-state index is 13.7. The van der Waals surface area contributed by atoms with Crippen molar-refractivity contribution in [3.05, 3.63) is 71.3 Å². The van der Waals surface area contributed by atoms with E-state index in [9.17, 15) is 9.18 Å². The molecule has 0 aliphatic rings. The van der Waals surface area contributed by atoms with Gasteiger partial charge in [0.15, 0.2) is 11.6 Å². The number of aromatic nitrogens is 2. The molecule has 2 amide bonds. The fourth-order valence-corrected chi connectivity index (χ4v) is 2.54. The van der Waals surface area contributed by atoms with Crippen molar-refractivity contribution >= 4 is 17.4 Å². The molecule has 3 aromatic rings. The summed E-state index contributed by atoms with van der Waals surface area (Å²) in [5.41, 5.74) is 3.21. The van der Waals surface area contributed by atoms with Gasteiger partial charge in [0.05, 0.1) is 17.1 Å². The second kappa shape index (κ2) is 7.82. The minimum atomic E-state index is -0.504. The van der Waals surface area contributed by atoms with Crippen LogP contribution in [0.4, 0.5) is 20.6 Å². The number of nitrogens with zero attached hydrogens (tertiary/aromatic N) is 2. The smallest absolute Gasteiger partial charge is 0.323 e. The molecule has 0 aliphatic carbocycles. The van der Waals surface area contributed by atoms with Gasteiger partial charge in [0.25, 0.3) is 0 Å². The number of anilines is 2. The van der Waals surface area contributed by atoms with E-state index >= 15 is 0 Å². The van der Waals surface area contributed by atoms with E-state index in [0.29, 0.717) is 22.8 Å². The maximum Gasteiger partial charge on any atom is 0.323 e. The Labute approximate surface area is 156 Å². The lowest BCUT2D eigenvalue weighted by Crippen LogP contribution is -2.21. The number of carbonyl (C=O) groups is 1. The number of amides is 2. The summed E-state index contributed by atoms with van der Waals surface area (Å²) < 4.78 is 19.1.